The number of likely N-dealkylation sites (N-methyl/N-ethyl adjacent to an activating group) is 1. The zero-order chi connectivity index (χ0) is 12.0. The number of pyridine rings is 1. The second-order valence-corrected chi connectivity index (χ2v) is 4.00. The summed E-state index contributed by atoms with van der Waals surface area (Å²) < 4.78 is 5.32. The molecule has 0 bridgehead atoms. The minimum atomic E-state index is 0.511. The molecule has 0 amide bonds. The molecule has 0 aliphatic carbocycles. The average Bonchev–Trinajstić information content (AvgIpc) is 2.29. The summed E-state index contributed by atoms with van der Waals surface area (Å²) in [6.45, 7) is 6.38. The van der Waals surface area contributed by atoms with Crippen molar-refractivity contribution >= 4 is 17.4 Å². The molecule has 90 valence electrons. The first-order valence-corrected chi connectivity index (χ1v) is 6.02. The summed E-state index contributed by atoms with van der Waals surface area (Å²) in [4.78, 5) is 6.51. The molecule has 0 atom stereocenters. The Morgan fingerprint density at radius 3 is 2.81 bits per heavy atom. The maximum absolute atomic E-state index is 5.76. The Morgan fingerprint density at radius 2 is 2.25 bits per heavy atom. The van der Waals surface area contributed by atoms with Crippen molar-refractivity contribution in [2.75, 3.05) is 31.7 Å². The van der Waals surface area contributed by atoms with Gasteiger partial charge in [-0.05, 0) is 31.0 Å². The first kappa shape index (κ1) is 13.3. The number of aryl methyl sites for hydroxylation is 1. The van der Waals surface area contributed by atoms with Gasteiger partial charge in [0.25, 0.3) is 0 Å². The highest BCUT2D eigenvalue weighted by molar-refractivity contribution is 6.17. The third-order valence-electron chi connectivity index (χ3n) is 2.40. The molecule has 0 fully saturated rings. The molecule has 16 heavy (non-hydrogen) atoms. The third kappa shape index (κ3) is 3.65. The van der Waals surface area contributed by atoms with E-state index >= 15 is 0 Å². The van der Waals surface area contributed by atoms with Crippen molar-refractivity contribution in [1.82, 2.24) is 4.98 Å². The van der Waals surface area contributed by atoms with E-state index in [0.717, 1.165) is 36.7 Å². The van der Waals surface area contributed by atoms with Crippen LogP contribution in [-0.4, -0.2) is 31.8 Å². The van der Waals surface area contributed by atoms with E-state index in [1.54, 1.807) is 0 Å². The summed E-state index contributed by atoms with van der Waals surface area (Å²) in [6.07, 6.45) is 1.83. The molecule has 1 heterocycles. The molecule has 1 rings (SSSR count). The fourth-order valence-corrected chi connectivity index (χ4v) is 1.70. The van der Waals surface area contributed by atoms with Crippen LogP contribution in [-0.2, 0) is 10.6 Å². The second-order valence-electron chi connectivity index (χ2n) is 3.74. The average molecular weight is 243 g/mol. The van der Waals surface area contributed by atoms with Crippen LogP contribution in [0.1, 0.15) is 18.1 Å². The third-order valence-corrected chi connectivity index (χ3v) is 2.71. The van der Waals surface area contributed by atoms with Gasteiger partial charge in [0.1, 0.15) is 5.82 Å². The molecule has 0 N–H and O–H groups in total. The van der Waals surface area contributed by atoms with Crippen LogP contribution < -0.4 is 4.90 Å². The SMILES string of the molecule is CCOCCN(C)c1ncc(CCl)cc1C. The Bertz CT molecular complexity index is 331. The van der Waals surface area contributed by atoms with Crippen molar-refractivity contribution in [2.24, 2.45) is 0 Å². The first-order valence-electron chi connectivity index (χ1n) is 5.49. The normalized spacial score (nSPS) is 10.5. The van der Waals surface area contributed by atoms with Gasteiger partial charge in [0, 0.05) is 32.3 Å². The van der Waals surface area contributed by atoms with Crippen molar-refractivity contribution < 1.29 is 4.74 Å². The highest BCUT2D eigenvalue weighted by Gasteiger charge is 2.06. The molecule has 0 spiro atoms. The van der Waals surface area contributed by atoms with Crippen molar-refractivity contribution in [3.8, 4) is 0 Å². The summed E-state index contributed by atoms with van der Waals surface area (Å²) in [5.41, 5.74) is 2.21. The van der Waals surface area contributed by atoms with Crippen molar-refractivity contribution in [3.05, 3.63) is 23.4 Å². The number of rotatable bonds is 6. The van der Waals surface area contributed by atoms with Gasteiger partial charge >= 0.3 is 0 Å². The highest BCUT2D eigenvalue weighted by Crippen LogP contribution is 2.17. The molecule has 0 saturated carbocycles. The lowest BCUT2D eigenvalue weighted by molar-refractivity contribution is 0.154. The molecule has 0 aromatic carbocycles. The lowest BCUT2D eigenvalue weighted by Crippen LogP contribution is -2.24. The van der Waals surface area contributed by atoms with E-state index < -0.39 is 0 Å². The van der Waals surface area contributed by atoms with Crippen LogP contribution in [0.2, 0.25) is 0 Å². The molecule has 0 radical (unpaired) electrons. The number of anilines is 1. The molecular weight excluding hydrogens is 224 g/mol. The summed E-state index contributed by atoms with van der Waals surface area (Å²) >= 11 is 5.76. The number of hydrogen-bond acceptors (Lipinski definition) is 3. The van der Waals surface area contributed by atoms with Gasteiger partial charge in [-0.15, -0.1) is 11.6 Å². The lowest BCUT2D eigenvalue weighted by Gasteiger charge is -2.20. The zero-order valence-electron chi connectivity index (χ0n) is 10.2. The van der Waals surface area contributed by atoms with Crippen LogP contribution in [0, 0.1) is 6.92 Å². The number of nitrogens with zero attached hydrogens (tertiary/aromatic N) is 2. The second kappa shape index (κ2) is 6.71. The molecule has 0 unspecified atom stereocenters. The van der Waals surface area contributed by atoms with Crippen molar-refractivity contribution in [1.29, 1.82) is 0 Å². The molecule has 4 heteroatoms. The Morgan fingerprint density at radius 1 is 1.50 bits per heavy atom. The Labute approximate surface area is 102 Å². The molecule has 0 saturated heterocycles. The van der Waals surface area contributed by atoms with Crippen LogP contribution >= 0.6 is 11.6 Å². The van der Waals surface area contributed by atoms with Gasteiger partial charge < -0.3 is 9.64 Å². The number of ether oxygens (including phenoxy) is 1. The minimum Gasteiger partial charge on any atom is -0.380 e. The summed E-state index contributed by atoms with van der Waals surface area (Å²) in [5, 5.41) is 0. The van der Waals surface area contributed by atoms with Crippen LogP contribution in [0.3, 0.4) is 0 Å². The van der Waals surface area contributed by atoms with Crippen molar-refractivity contribution in [3.63, 3.8) is 0 Å². The first-order chi connectivity index (χ1) is 7.69. The standard InChI is InChI=1S/C12H19ClN2O/c1-4-16-6-5-15(3)12-10(2)7-11(8-13)9-14-12/h7,9H,4-6,8H2,1-3H3. The van der Waals surface area contributed by atoms with Gasteiger partial charge in [-0.25, -0.2) is 4.98 Å². The Hall–Kier alpha value is -0.800. The smallest absolute Gasteiger partial charge is 0.131 e. The van der Waals surface area contributed by atoms with Crippen LogP contribution in [0.25, 0.3) is 0 Å². The highest BCUT2D eigenvalue weighted by atomic mass is 35.5. The predicted octanol–water partition coefficient (Wildman–Crippen LogP) is 2.60. The van der Waals surface area contributed by atoms with Crippen molar-refractivity contribution in [2.45, 2.75) is 19.7 Å². The van der Waals surface area contributed by atoms with E-state index in [-0.39, 0.29) is 0 Å². The Kier molecular flexibility index (Phi) is 5.56. The zero-order valence-corrected chi connectivity index (χ0v) is 10.9. The quantitative estimate of drug-likeness (QED) is 0.567. The maximum atomic E-state index is 5.76. The van der Waals surface area contributed by atoms with Gasteiger partial charge in [-0.3, -0.25) is 0 Å². The molecule has 0 aliphatic heterocycles. The van der Waals surface area contributed by atoms with Crippen LogP contribution in [0.15, 0.2) is 12.3 Å². The molecule has 1 aromatic heterocycles. The fraction of sp³-hybridized carbons (Fsp3) is 0.583. The molecule has 3 nitrogen and oxygen atoms in total. The van der Waals surface area contributed by atoms with E-state index in [9.17, 15) is 0 Å². The predicted molar refractivity (Wildman–Crippen MR) is 68.3 cm³/mol. The number of aromatic nitrogens is 1. The van der Waals surface area contributed by atoms with Gasteiger partial charge in [-0.1, -0.05) is 0 Å². The van der Waals surface area contributed by atoms with Crippen LogP contribution in [0.5, 0.6) is 0 Å². The number of hydrogen-bond donors (Lipinski definition) is 0. The van der Waals surface area contributed by atoms with Gasteiger partial charge in [0.2, 0.25) is 0 Å². The maximum Gasteiger partial charge on any atom is 0.131 e. The monoisotopic (exact) mass is 242 g/mol. The Balaban J connectivity index is 2.64. The van der Waals surface area contributed by atoms with Gasteiger partial charge in [0.15, 0.2) is 0 Å². The lowest BCUT2D eigenvalue weighted by atomic mass is 10.2. The molecule has 1 aromatic rings. The fourth-order valence-electron chi connectivity index (χ4n) is 1.55. The van der Waals surface area contributed by atoms with Gasteiger partial charge in [0.05, 0.1) is 6.61 Å². The van der Waals surface area contributed by atoms with E-state index in [0.29, 0.717) is 5.88 Å². The number of halogens is 1. The number of alkyl halides is 1. The van der Waals surface area contributed by atoms with E-state index in [1.165, 1.54) is 0 Å². The summed E-state index contributed by atoms with van der Waals surface area (Å²) in [7, 11) is 2.02. The van der Waals surface area contributed by atoms with E-state index in [4.69, 9.17) is 16.3 Å². The van der Waals surface area contributed by atoms with E-state index in [2.05, 4.69) is 22.9 Å². The van der Waals surface area contributed by atoms with Crippen LogP contribution in [0.4, 0.5) is 5.82 Å². The van der Waals surface area contributed by atoms with Gasteiger partial charge in [-0.2, -0.15) is 0 Å². The van der Waals surface area contributed by atoms with E-state index in [1.807, 2.05) is 20.2 Å². The minimum absolute atomic E-state index is 0.511. The summed E-state index contributed by atoms with van der Waals surface area (Å²) in [6, 6.07) is 2.08. The molecular formula is C12H19ClN2O. The summed E-state index contributed by atoms with van der Waals surface area (Å²) in [5.74, 6) is 1.50. The largest absolute Gasteiger partial charge is 0.380 e. The topological polar surface area (TPSA) is 25.4 Å². The molecule has 0 aliphatic rings.